The van der Waals surface area contributed by atoms with Gasteiger partial charge < -0.3 is 9.64 Å². The van der Waals surface area contributed by atoms with E-state index in [0.29, 0.717) is 6.42 Å². The highest BCUT2D eigenvalue weighted by atomic mass is 35.5. The molecule has 33 heavy (non-hydrogen) atoms. The smallest absolute Gasteiger partial charge is 0.338 e. The van der Waals surface area contributed by atoms with Gasteiger partial charge in [0.25, 0.3) is 17.7 Å². The highest BCUT2D eigenvalue weighted by molar-refractivity contribution is 7.91. The minimum atomic E-state index is -3.16. The van der Waals surface area contributed by atoms with E-state index in [1.54, 1.807) is 18.2 Å². The van der Waals surface area contributed by atoms with Gasteiger partial charge in [-0.2, -0.15) is 0 Å². The van der Waals surface area contributed by atoms with Crippen LogP contribution in [0.1, 0.15) is 37.5 Å². The predicted molar refractivity (Wildman–Crippen MR) is 119 cm³/mol. The molecule has 0 unspecified atom stereocenters. The molecule has 4 rings (SSSR count). The molecule has 0 aliphatic carbocycles. The lowest BCUT2D eigenvalue weighted by molar-refractivity contribution is -0.134. The molecule has 0 radical (unpaired) electrons. The molecule has 2 aromatic carbocycles. The van der Waals surface area contributed by atoms with Crippen LogP contribution >= 0.6 is 11.6 Å². The van der Waals surface area contributed by atoms with Crippen molar-refractivity contribution in [2.75, 3.05) is 30.1 Å². The average Bonchev–Trinajstić information content (AvgIpc) is 3.27. The SMILES string of the molecule is CN(C(=O)COC(=O)c1ccc2c(c1)C(=O)N(c1ccccc1Cl)C2=O)[C@@H]1CCS(=O)(=O)C1. The van der Waals surface area contributed by atoms with E-state index >= 15 is 0 Å². The van der Waals surface area contributed by atoms with Gasteiger partial charge in [0.1, 0.15) is 0 Å². The summed E-state index contributed by atoms with van der Waals surface area (Å²) in [5.41, 5.74) is 0.371. The summed E-state index contributed by atoms with van der Waals surface area (Å²) in [4.78, 5) is 52.6. The van der Waals surface area contributed by atoms with Crippen molar-refractivity contribution in [1.82, 2.24) is 4.90 Å². The number of hydrogen-bond donors (Lipinski definition) is 0. The van der Waals surface area contributed by atoms with Gasteiger partial charge in [-0.1, -0.05) is 23.7 Å². The van der Waals surface area contributed by atoms with Crippen molar-refractivity contribution >= 4 is 50.8 Å². The summed E-state index contributed by atoms with van der Waals surface area (Å²) in [5.74, 6) is -2.69. The van der Waals surface area contributed by atoms with Crippen LogP contribution in [0.4, 0.5) is 5.69 Å². The summed E-state index contributed by atoms with van der Waals surface area (Å²) in [5, 5.41) is 0.226. The van der Waals surface area contributed by atoms with E-state index in [1.165, 1.54) is 36.2 Å². The topological polar surface area (TPSA) is 118 Å². The summed E-state index contributed by atoms with van der Waals surface area (Å²) in [6.45, 7) is -0.582. The van der Waals surface area contributed by atoms with Crippen LogP contribution in [0.15, 0.2) is 42.5 Å². The molecule has 9 nitrogen and oxygen atoms in total. The number of anilines is 1. The molecule has 2 aliphatic heterocycles. The fourth-order valence-corrected chi connectivity index (χ4v) is 5.81. The average molecular weight is 491 g/mol. The molecule has 1 fully saturated rings. The second-order valence-electron chi connectivity index (χ2n) is 7.80. The number of nitrogens with zero attached hydrogens (tertiary/aromatic N) is 2. The van der Waals surface area contributed by atoms with Crippen LogP contribution < -0.4 is 4.90 Å². The quantitative estimate of drug-likeness (QED) is 0.464. The van der Waals surface area contributed by atoms with Crippen LogP contribution in [0.2, 0.25) is 5.02 Å². The normalized spacial score (nSPS) is 18.8. The van der Waals surface area contributed by atoms with E-state index in [4.69, 9.17) is 16.3 Å². The second-order valence-corrected chi connectivity index (χ2v) is 10.4. The number of carbonyl (C=O) groups is 4. The fraction of sp³-hybridized carbons (Fsp3) is 0.273. The van der Waals surface area contributed by atoms with Crippen LogP contribution in [-0.4, -0.2) is 68.2 Å². The van der Waals surface area contributed by atoms with Crippen molar-refractivity contribution in [2.24, 2.45) is 0 Å². The molecule has 1 atom stereocenters. The molecule has 1 saturated heterocycles. The van der Waals surface area contributed by atoms with Crippen LogP contribution in [-0.2, 0) is 19.4 Å². The molecule has 0 bridgehead atoms. The molecule has 2 aliphatic rings. The highest BCUT2D eigenvalue weighted by Crippen LogP contribution is 2.33. The van der Waals surface area contributed by atoms with Crippen molar-refractivity contribution in [1.29, 1.82) is 0 Å². The lowest BCUT2D eigenvalue weighted by Gasteiger charge is -2.23. The molecule has 3 amide bonds. The Balaban J connectivity index is 1.45. The maximum atomic E-state index is 12.9. The number of esters is 1. The highest BCUT2D eigenvalue weighted by Gasteiger charge is 2.38. The third-order valence-electron chi connectivity index (χ3n) is 5.69. The van der Waals surface area contributed by atoms with Crippen LogP contribution in [0, 0.1) is 0 Å². The molecule has 0 N–H and O–H groups in total. The summed E-state index contributed by atoms with van der Waals surface area (Å²) in [6, 6.07) is 9.87. The number of halogens is 1. The molecule has 0 aromatic heterocycles. The number of benzene rings is 2. The maximum Gasteiger partial charge on any atom is 0.338 e. The van der Waals surface area contributed by atoms with Gasteiger partial charge in [-0.15, -0.1) is 0 Å². The van der Waals surface area contributed by atoms with Crippen molar-refractivity contribution in [2.45, 2.75) is 12.5 Å². The molecule has 0 spiro atoms. The van der Waals surface area contributed by atoms with E-state index in [-0.39, 0.29) is 38.9 Å². The van der Waals surface area contributed by atoms with Gasteiger partial charge in [0.15, 0.2) is 16.4 Å². The number of amides is 3. The van der Waals surface area contributed by atoms with E-state index in [0.717, 1.165) is 4.90 Å². The Labute approximate surface area is 194 Å². The number of ether oxygens (including phenoxy) is 1. The van der Waals surface area contributed by atoms with E-state index in [1.807, 2.05) is 0 Å². The van der Waals surface area contributed by atoms with Gasteiger partial charge in [0, 0.05) is 13.1 Å². The van der Waals surface area contributed by atoms with Crippen LogP contribution in [0.25, 0.3) is 0 Å². The van der Waals surface area contributed by atoms with Crippen molar-refractivity contribution in [3.05, 3.63) is 64.2 Å². The van der Waals surface area contributed by atoms with E-state index in [2.05, 4.69) is 0 Å². The lowest BCUT2D eigenvalue weighted by Crippen LogP contribution is -2.40. The third kappa shape index (κ3) is 4.36. The van der Waals surface area contributed by atoms with Crippen molar-refractivity contribution in [3.8, 4) is 0 Å². The first kappa shape index (κ1) is 22.9. The number of carbonyl (C=O) groups excluding carboxylic acids is 4. The summed E-state index contributed by atoms with van der Waals surface area (Å²) >= 11 is 6.13. The Morgan fingerprint density at radius 3 is 2.48 bits per heavy atom. The summed E-state index contributed by atoms with van der Waals surface area (Å²) in [6.07, 6.45) is 0.335. The summed E-state index contributed by atoms with van der Waals surface area (Å²) in [7, 11) is -1.70. The zero-order valence-corrected chi connectivity index (χ0v) is 19.1. The van der Waals surface area contributed by atoms with Crippen molar-refractivity contribution in [3.63, 3.8) is 0 Å². The monoisotopic (exact) mass is 490 g/mol. The number of likely N-dealkylation sites (N-methyl/N-ethyl adjacent to an activating group) is 1. The Hall–Kier alpha value is -3.24. The second kappa shape index (κ2) is 8.60. The van der Waals surface area contributed by atoms with Gasteiger partial charge >= 0.3 is 5.97 Å². The van der Waals surface area contributed by atoms with Gasteiger partial charge in [-0.05, 0) is 36.8 Å². The number of rotatable bonds is 5. The molecule has 2 aromatic rings. The third-order valence-corrected chi connectivity index (χ3v) is 7.76. The molecular weight excluding hydrogens is 472 g/mol. The number of imide groups is 1. The van der Waals surface area contributed by atoms with Crippen molar-refractivity contribution < 1.29 is 32.3 Å². The predicted octanol–water partition coefficient (Wildman–Crippen LogP) is 1.94. The zero-order valence-electron chi connectivity index (χ0n) is 17.5. The summed E-state index contributed by atoms with van der Waals surface area (Å²) < 4.78 is 28.3. The van der Waals surface area contributed by atoms with E-state index < -0.39 is 46.2 Å². The number of fused-ring (bicyclic) bond motifs is 1. The largest absolute Gasteiger partial charge is 0.452 e. The van der Waals surface area contributed by atoms with Crippen LogP contribution in [0.3, 0.4) is 0 Å². The maximum absolute atomic E-state index is 12.9. The fourth-order valence-electron chi connectivity index (χ4n) is 3.82. The molecule has 172 valence electrons. The minimum Gasteiger partial charge on any atom is -0.452 e. The van der Waals surface area contributed by atoms with Gasteiger partial charge in [0.2, 0.25) is 0 Å². The van der Waals surface area contributed by atoms with Gasteiger partial charge in [0.05, 0.1) is 38.9 Å². The van der Waals surface area contributed by atoms with Gasteiger partial charge in [-0.25, -0.2) is 18.1 Å². The first-order valence-corrected chi connectivity index (χ1v) is 12.2. The first-order chi connectivity index (χ1) is 15.6. The van der Waals surface area contributed by atoms with Crippen LogP contribution in [0.5, 0.6) is 0 Å². The minimum absolute atomic E-state index is 0.00481. The molecular formula is C22H19ClN2O7S. The Morgan fingerprint density at radius 1 is 1.12 bits per heavy atom. The van der Waals surface area contributed by atoms with Gasteiger partial charge in [-0.3, -0.25) is 14.4 Å². The van der Waals surface area contributed by atoms with E-state index in [9.17, 15) is 27.6 Å². The standard InChI is InChI=1S/C22H19ClN2O7S/c1-24(14-8-9-33(30,31)12-14)19(26)11-32-22(29)13-6-7-15-16(10-13)21(28)25(20(15)27)18-5-3-2-4-17(18)23/h2-7,10,14H,8-9,11-12H2,1H3/t14-/m1/s1. The lowest BCUT2D eigenvalue weighted by atomic mass is 10.1. The number of hydrogen-bond acceptors (Lipinski definition) is 7. The Morgan fingerprint density at radius 2 is 1.82 bits per heavy atom. The Kier molecular flexibility index (Phi) is 5.98. The zero-order chi connectivity index (χ0) is 23.9. The molecule has 0 saturated carbocycles. The number of para-hydroxylation sites is 1. The number of sulfone groups is 1. The molecule has 2 heterocycles. The molecule has 11 heteroatoms. The Bertz CT molecular complexity index is 1290. The first-order valence-electron chi connectivity index (χ1n) is 9.99.